The molecule has 0 aromatic carbocycles. The van der Waals surface area contributed by atoms with E-state index in [9.17, 15) is 13.2 Å². The minimum Gasteiger partial charge on any atom is -0.385 e. The first kappa shape index (κ1) is 6.98. The predicted molar refractivity (Wildman–Crippen MR) is 30.2 cm³/mol. The molecule has 3 N–H and O–H groups in total. The van der Waals surface area contributed by atoms with E-state index in [-0.39, 0.29) is 5.82 Å². The standard InChI is InChI=1S/C5H5F3N2/c6-5(7,8)3-1-2-4(9)10-3/h1-2,10H,9H2. The average molecular weight is 150 g/mol. The van der Waals surface area contributed by atoms with Crippen molar-refractivity contribution in [2.75, 3.05) is 5.73 Å². The van der Waals surface area contributed by atoms with Crippen LogP contribution in [0.4, 0.5) is 19.0 Å². The average Bonchev–Trinajstić information content (AvgIpc) is 2.11. The molecule has 0 saturated heterocycles. The maximum atomic E-state index is 11.7. The van der Waals surface area contributed by atoms with Crippen molar-refractivity contribution in [1.29, 1.82) is 0 Å². The van der Waals surface area contributed by atoms with Gasteiger partial charge < -0.3 is 10.7 Å². The fourth-order valence-corrected chi connectivity index (χ4v) is 0.577. The lowest BCUT2D eigenvalue weighted by atomic mass is 10.4. The van der Waals surface area contributed by atoms with Crippen LogP contribution in [0.1, 0.15) is 5.69 Å². The van der Waals surface area contributed by atoms with E-state index in [1.54, 1.807) is 0 Å². The highest BCUT2D eigenvalue weighted by Gasteiger charge is 2.31. The second kappa shape index (κ2) is 1.93. The molecule has 1 aromatic rings. The zero-order valence-corrected chi connectivity index (χ0v) is 4.87. The van der Waals surface area contributed by atoms with E-state index in [1.807, 2.05) is 4.98 Å². The highest BCUT2D eigenvalue weighted by molar-refractivity contribution is 5.32. The molecule has 56 valence electrons. The molecule has 0 spiro atoms. The van der Waals surface area contributed by atoms with E-state index in [1.165, 1.54) is 6.07 Å². The number of alkyl halides is 3. The van der Waals surface area contributed by atoms with Crippen LogP contribution in [0.2, 0.25) is 0 Å². The quantitative estimate of drug-likeness (QED) is 0.579. The van der Waals surface area contributed by atoms with Crippen LogP contribution in [0.15, 0.2) is 12.1 Å². The van der Waals surface area contributed by atoms with Gasteiger partial charge in [-0.25, -0.2) is 0 Å². The monoisotopic (exact) mass is 150 g/mol. The Kier molecular flexibility index (Phi) is 1.35. The first-order valence-corrected chi connectivity index (χ1v) is 2.52. The molecule has 0 atom stereocenters. The van der Waals surface area contributed by atoms with Gasteiger partial charge in [0, 0.05) is 0 Å². The van der Waals surface area contributed by atoms with Gasteiger partial charge in [0.25, 0.3) is 0 Å². The lowest BCUT2D eigenvalue weighted by Gasteiger charge is -2.00. The zero-order chi connectivity index (χ0) is 7.78. The Morgan fingerprint density at radius 3 is 2.10 bits per heavy atom. The number of nitrogens with two attached hydrogens (primary N) is 1. The SMILES string of the molecule is Nc1ccc(C(F)(F)F)[nH]1. The number of aromatic nitrogens is 1. The maximum absolute atomic E-state index is 11.7. The maximum Gasteiger partial charge on any atom is 0.431 e. The van der Waals surface area contributed by atoms with Crippen LogP contribution >= 0.6 is 0 Å². The third-order valence-corrected chi connectivity index (χ3v) is 1.01. The van der Waals surface area contributed by atoms with Crippen molar-refractivity contribution in [1.82, 2.24) is 4.98 Å². The lowest BCUT2D eigenvalue weighted by Crippen LogP contribution is -2.05. The largest absolute Gasteiger partial charge is 0.431 e. The summed E-state index contributed by atoms with van der Waals surface area (Å²) in [6, 6.07) is 2.07. The smallest absolute Gasteiger partial charge is 0.385 e. The first-order chi connectivity index (χ1) is 4.50. The summed E-state index contributed by atoms with van der Waals surface area (Å²) < 4.78 is 35.1. The van der Waals surface area contributed by atoms with Gasteiger partial charge >= 0.3 is 6.18 Å². The van der Waals surface area contributed by atoms with Crippen LogP contribution in [0, 0.1) is 0 Å². The van der Waals surface area contributed by atoms with E-state index in [2.05, 4.69) is 0 Å². The summed E-state index contributed by atoms with van der Waals surface area (Å²) in [5.41, 5.74) is 4.20. The minimum atomic E-state index is -4.32. The molecule has 1 heterocycles. The second-order valence-corrected chi connectivity index (χ2v) is 1.83. The molecular weight excluding hydrogens is 145 g/mol. The molecule has 5 heteroatoms. The van der Waals surface area contributed by atoms with Gasteiger partial charge in [0.2, 0.25) is 0 Å². The number of rotatable bonds is 0. The fourth-order valence-electron chi connectivity index (χ4n) is 0.577. The van der Waals surface area contributed by atoms with Gasteiger partial charge in [-0.3, -0.25) is 0 Å². The van der Waals surface area contributed by atoms with Gasteiger partial charge in [0.05, 0.1) is 0 Å². The molecule has 10 heavy (non-hydrogen) atoms. The molecule has 0 aliphatic rings. The molecule has 2 nitrogen and oxygen atoms in total. The van der Waals surface area contributed by atoms with Crippen LogP contribution < -0.4 is 5.73 Å². The first-order valence-electron chi connectivity index (χ1n) is 2.52. The van der Waals surface area contributed by atoms with Gasteiger partial charge in [0.15, 0.2) is 0 Å². The van der Waals surface area contributed by atoms with E-state index in [4.69, 9.17) is 5.73 Å². The lowest BCUT2D eigenvalue weighted by molar-refractivity contribution is -0.140. The van der Waals surface area contributed by atoms with E-state index < -0.39 is 11.9 Å². The van der Waals surface area contributed by atoms with Gasteiger partial charge in [-0.15, -0.1) is 0 Å². The van der Waals surface area contributed by atoms with Crippen molar-refractivity contribution in [3.63, 3.8) is 0 Å². The van der Waals surface area contributed by atoms with Gasteiger partial charge in [-0.1, -0.05) is 0 Å². The van der Waals surface area contributed by atoms with Crippen LogP contribution in [-0.4, -0.2) is 4.98 Å². The van der Waals surface area contributed by atoms with Crippen LogP contribution in [0.25, 0.3) is 0 Å². The van der Waals surface area contributed by atoms with E-state index in [0.29, 0.717) is 0 Å². The summed E-state index contributed by atoms with van der Waals surface area (Å²) in [4.78, 5) is 1.97. The molecule has 1 rings (SSSR count). The molecule has 0 amide bonds. The summed E-state index contributed by atoms with van der Waals surface area (Å²) in [6.45, 7) is 0. The Bertz CT molecular complexity index is 225. The summed E-state index contributed by atoms with van der Waals surface area (Å²) in [6.07, 6.45) is -4.32. The molecule has 0 unspecified atom stereocenters. The topological polar surface area (TPSA) is 41.8 Å². The number of nitrogens with one attached hydrogen (secondary N) is 1. The number of aromatic amines is 1. The van der Waals surface area contributed by atoms with Gasteiger partial charge in [-0.05, 0) is 12.1 Å². The van der Waals surface area contributed by atoms with Crippen molar-refractivity contribution >= 4 is 5.82 Å². The summed E-state index contributed by atoms with van der Waals surface area (Å²) >= 11 is 0. The third-order valence-electron chi connectivity index (χ3n) is 1.01. The van der Waals surface area contributed by atoms with Crippen LogP contribution in [0.3, 0.4) is 0 Å². The van der Waals surface area contributed by atoms with Crippen LogP contribution in [0.5, 0.6) is 0 Å². The predicted octanol–water partition coefficient (Wildman–Crippen LogP) is 1.62. The van der Waals surface area contributed by atoms with Gasteiger partial charge in [0.1, 0.15) is 11.5 Å². The summed E-state index contributed by atoms with van der Waals surface area (Å²) in [5.74, 6) is 0.0207. The molecule has 0 aliphatic heterocycles. The molecule has 0 aliphatic carbocycles. The van der Waals surface area contributed by atoms with Crippen molar-refractivity contribution in [2.45, 2.75) is 6.18 Å². The number of hydrogen-bond acceptors (Lipinski definition) is 1. The summed E-state index contributed by atoms with van der Waals surface area (Å²) in [5, 5.41) is 0. The number of hydrogen-bond donors (Lipinski definition) is 2. The number of halogens is 3. The van der Waals surface area contributed by atoms with Crippen molar-refractivity contribution in [3.05, 3.63) is 17.8 Å². The van der Waals surface area contributed by atoms with Crippen molar-refractivity contribution < 1.29 is 13.2 Å². The Morgan fingerprint density at radius 1 is 1.30 bits per heavy atom. The highest BCUT2D eigenvalue weighted by atomic mass is 19.4. The Balaban J connectivity index is 2.96. The van der Waals surface area contributed by atoms with E-state index in [0.717, 1.165) is 6.07 Å². The Morgan fingerprint density at radius 2 is 1.90 bits per heavy atom. The number of anilines is 1. The van der Waals surface area contributed by atoms with Crippen molar-refractivity contribution in [2.24, 2.45) is 0 Å². The zero-order valence-electron chi connectivity index (χ0n) is 4.87. The molecule has 0 bridgehead atoms. The van der Waals surface area contributed by atoms with E-state index >= 15 is 0 Å². The number of nitrogen functional groups attached to an aromatic ring is 1. The Labute approximate surface area is 54.8 Å². The third kappa shape index (κ3) is 1.23. The normalized spacial score (nSPS) is 11.9. The van der Waals surface area contributed by atoms with Crippen molar-refractivity contribution in [3.8, 4) is 0 Å². The molecule has 0 radical (unpaired) electrons. The molecule has 1 aromatic heterocycles. The highest BCUT2D eigenvalue weighted by Crippen LogP contribution is 2.28. The summed E-state index contributed by atoms with van der Waals surface area (Å²) in [7, 11) is 0. The second-order valence-electron chi connectivity index (χ2n) is 1.83. The Hall–Kier alpha value is -1.13. The van der Waals surface area contributed by atoms with Gasteiger partial charge in [-0.2, -0.15) is 13.2 Å². The molecule has 0 saturated carbocycles. The van der Waals surface area contributed by atoms with Crippen LogP contribution in [-0.2, 0) is 6.18 Å². The molecule has 0 fully saturated rings. The number of H-pyrrole nitrogens is 1. The fraction of sp³-hybridized carbons (Fsp3) is 0.200. The molecular formula is C5H5F3N2. The minimum absolute atomic E-state index is 0.0207.